The van der Waals surface area contributed by atoms with Gasteiger partial charge in [-0.15, -0.1) is 0 Å². The van der Waals surface area contributed by atoms with Crippen LogP contribution in [-0.2, 0) is 18.0 Å². The number of aliphatic imine (C=N–C) groups is 1. The number of nitrogens with zero attached hydrogens (tertiary/aromatic N) is 2. The molecule has 2 aromatic rings. The number of aryl methyl sites for hydroxylation is 1. The van der Waals surface area contributed by atoms with E-state index in [1.807, 2.05) is 0 Å². The monoisotopic (exact) mass is 368 g/mol. The van der Waals surface area contributed by atoms with Crippen LogP contribution < -0.4 is 5.63 Å². The average molecular weight is 368 g/mol. The lowest BCUT2D eigenvalue weighted by molar-refractivity contribution is -0.140. The minimum absolute atomic E-state index is 0.0243. The van der Waals surface area contributed by atoms with Crippen LogP contribution in [0.2, 0.25) is 0 Å². The molecule has 0 bridgehead atoms. The Morgan fingerprint density at radius 3 is 2.62 bits per heavy atom. The third-order valence-corrected chi connectivity index (χ3v) is 4.86. The van der Waals surface area contributed by atoms with Crippen LogP contribution in [0.25, 0.3) is 0 Å². The predicted octanol–water partition coefficient (Wildman–Crippen LogP) is 3.33. The molecule has 1 aromatic carbocycles. The number of benzene rings is 1. The Bertz CT molecular complexity index is 1020. The van der Waals surface area contributed by atoms with E-state index in [-0.39, 0.29) is 29.1 Å². The molecule has 2 aliphatic rings. The normalized spacial score (nSPS) is 22.2. The maximum Gasteiger partial charge on any atom is 0.419 e. The van der Waals surface area contributed by atoms with Gasteiger partial charge >= 0.3 is 11.8 Å². The van der Waals surface area contributed by atoms with Crippen LogP contribution in [-0.4, -0.2) is 16.2 Å². The summed E-state index contributed by atoms with van der Waals surface area (Å²) >= 11 is 0. The lowest BCUT2D eigenvalue weighted by Gasteiger charge is -2.26. The van der Waals surface area contributed by atoms with Gasteiger partial charge in [0.15, 0.2) is 5.82 Å². The SMILES string of the molecule is Cn1oc(=O)c2c1N=C1CCC(=O)C1C2c1ccc(F)c(C(F)(F)F)c1. The molecule has 0 N–H and O–H groups in total. The Kier molecular flexibility index (Phi) is 3.47. The lowest BCUT2D eigenvalue weighted by atomic mass is 9.77. The average Bonchev–Trinajstić information content (AvgIpc) is 3.06. The van der Waals surface area contributed by atoms with Gasteiger partial charge < -0.3 is 4.52 Å². The highest BCUT2D eigenvalue weighted by molar-refractivity contribution is 6.14. The molecule has 0 radical (unpaired) electrons. The quantitative estimate of drug-likeness (QED) is 0.726. The van der Waals surface area contributed by atoms with Crippen molar-refractivity contribution in [3.63, 3.8) is 0 Å². The van der Waals surface area contributed by atoms with E-state index >= 15 is 0 Å². The standard InChI is InChI=1S/C17H12F4N2O3/c1-23-15-14(16(25)26-23)12(13-10(22-15)4-5-11(13)24)7-2-3-9(18)8(6-7)17(19,20)21/h2-3,6,12-13H,4-5H2,1H3. The van der Waals surface area contributed by atoms with Gasteiger partial charge in [0.2, 0.25) is 0 Å². The number of Topliss-reactive ketones (excluding diaryl/α,β-unsaturated/α-hetero) is 1. The van der Waals surface area contributed by atoms with Crippen LogP contribution in [0.1, 0.15) is 35.4 Å². The number of hydrogen-bond acceptors (Lipinski definition) is 4. The number of carbonyl (C=O) groups excluding carboxylic acids is 1. The first kappa shape index (κ1) is 16.7. The topological polar surface area (TPSA) is 64.6 Å². The zero-order valence-corrected chi connectivity index (χ0v) is 13.4. The van der Waals surface area contributed by atoms with E-state index in [9.17, 15) is 27.2 Å². The summed E-state index contributed by atoms with van der Waals surface area (Å²) in [7, 11) is 1.45. The predicted molar refractivity (Wildman–Crippen MR) is 82.0 cm³/mol. The first-order valence-electron chi connectivity index (χ1n) is 7.85. The van der Waals surface area contributed by atoms with Crippen LogP contribution in [0.3, 0.4) is 0 Å². The summed E-state index contributed by atoms with van der Waals surface area (Å²) in [5.74, 6) is -3.26. The van der Waals surface area contributed by atoms with Crippen molar-refractivity contribution in [3.8, 4) is 0 Å². The number of halogens is 4. The van der Waals surface area contributed by atoms with Gasteiger partial charge in [0.25, 0.3) is 0 Å². The summed E-state index contributed by atoms with van der Waals surface area (Å²) in [6.07, 6.45) is -4.33. The van der Waals surface area contributed by atoms with Crippen molar-refractivity contribution < 1.29 is 26.9 Å². The first-order valence-corrected chi connectivity index (χ1v) is 7.85. The summed E-state index contributed by atoms with van der Waals surface area (Å²) in [6, 6.07) is 2.53. The molecule has 9 heteroatoms. The van der Waals surface area contributed by atoms with Crippen molar-refractivity contribution in [2.45, 2.75) is 24.9 Å². The molecule has 1 saturated carbocycles. The second-order valence-electron chi connectivity index (χ2n) is 6.38. The van der Waals surface area contributed by atoms with Gasteiger partial charge in [-0.25, -0.2) is 14.2 Å². The molecule has 0 spiro atoms. The van der Waals surface area contributed by atoms with E-state index < -0.39 is 35.0 Å². The van der Waals surface area contributed by atoms with Crippen molar-refractivity contribution in [2.75, 3.05) is 0 Å². The van der Waals surface area contributed by atoms with Gasteiger partial charge in [-0.1, -0.05) is 6.07 Å². The summed E-state index contributed by atoms with van der Waals surface area (Å²) in [6.45, 7) is 0. The van der Waals surface area contributed by atoms with Crippen molar-refractivity contribution in [3.05, 3.63) is 51.1 Å². The Morgan fingerprint density at radius 2 is 1.92 bits per heavy atom. The van der Waals surface area contributed by atoms with Crippen LogP contribution in [0.15, 0.2) is 32.5 Å². The molecule has 1 aliphatic heterocycles. The van der Waals surface area contributed by atoms with Gasteiger partial charge in [0.1, 0.15) is 11.6 Å². The molecule has 5 nitrogen and oxygen atoms in total. The van der Waals surface area contributed by atoms with Crippen molar-refractivity contribution in [2.24, 2.45) is 18.0 Å². The van der Waals surface area contributed by atoms with E-state index in [1.165, 1.54) is 13.1 Å². The van der Waals surface area contributed by atoms with Gasteiger partial charge in [0, 0.05) is 25.1 Å². The number of hydrogen-bond donors (Lipinski definition) is 0. The minimum Gasteiger partial charge on any atom is -0.334 e. The van der Waals surface area contributed by atoms with Crippen molar-refractivity contribution in [1.29, 1.82) is 0 Å². The van der Waals surface area contributed by atoms with Crippen LogP contribution in [0.5, 0.6) is 0 Å². The summed E-state index contributed by atoms with van der Waals surface area (Å²) in [5, 5.41) is 0. The Labute approximate surface area is 143 Å². The molecule has 136 valence electrons. The highest BCUT2D eigenvalue weighted by Gasteiger charge is 2.46. The highest BCUT2D eigenvalue weighted by Crippen LogP contribution is 2.46. The Hall–Kier alpha value is -2.71. The number of rotatable bonds is 1. The molecule has 1 fully saturated rings. The van der Waals surface area contributed by atoms with E-state index in [4.69, 9.17) is 4.52 Å². The molecule has 0 amide bonds. The number of carbonyl (C=O) groups is 1. The summed E-state index contributed by atoms with van der Waals surface area (Å²) < 4.78 is 59.1. The number of aromatic nitrogens is 1. The molecule has 0 saturated heterocycles. The fourth-order valence-electron chi connectivity index (χ4n) is 3.74. The van der Waals surface area contributed by atoms with Gasteiger partial charge in [-0.05, 0) is 24.1 Å². The molecule has 1 aromatic heterocycles. The molecule has 26 heavy (non-hydrogen) atoms. The number of ketones is 1. The van der Waals surface area contributed by atoms with Crippen LogP contribution >= 0.6 is 0 Å². The van der Waals surface area contributed by atoms with E-state index in [2.05, 4.69) is 4.99 Å². The molecule has 1 aliphatic carbocycles. The molecular weight excluding hydrogens is 356 g/mol. The molecule has 4 rings (SSSR count). The van der Waals surface area contributed by atoms with E-state index in [1.54, 1.807) is 0 Å². The lowest BCUT2D eigenvalue weighted by Crippen LogP contribution is -2.30. The highest BCUT2D eigenvalue weighted by atomic mass is 19.4. The third kappa shape index (κ3) is 2.33. The number of alkyl halides is 3. The molecule has 2 atom stereocenters. The van der Waals surface area contributed by atoms with Crippen LogP contribution in [0.4, 0.5) is 23.4 Å². The van der Waals surface area contributed by atoms with E-state index in [0.717, 1.165) is 4.74 Å². The first-order chi connectivity index (χ1) is 12.2. The van der Waals surface area contributed by atoms with Gasteiger partial charge in [0.05, 0.1) is 17.0 Å². The second kappa shape index (κ2) is 5.39. The van der Waals surface area contributed by atoms with Crippen molar-refractivity contribution >= 4 is 17.3 Å². The second-order valence-corrected chi connectivity index (χ2v) is 6.38. The zero-order chi connectivity index (χ0) is 18.8. The van der Waals surface area contributed by atoms with E-state index in [0.29, 0.717) is 24.3 Å². The molecule has 2 heterocycles. The minimum atomic E-state index is -4.89. The van der Waals surface area contributed by atoms with Crippen LogP contribution in [0, 0.1) is 11.7 Å². The third-order valence-electron chi connectivity index (χ3n) is 4.86. The van der Waals surface area contributed by atoms with Gasteiger partial charge in [-0.3, -0.25) is 4.79 Å². The summed E-state index contributed by atoms with van der Waals surface area (Å²) in [5.41, 5.74) is -1.65. The molecule has 2 unspecified atom stereocenters. The Morgan fingerprint density at radius 1 is 1.19 bits per heavy atom. The zero-order valence-electron chi connectivity index (χ0n) is 13.4. The molecular formula is C17H12F4N2O3. The van der Waals surface area contributed by atoms with Gasteiger partial charge in [-0.2, -0.15) is 17.9 Å². The smallest absolute Gasteiger partial charge is 0.334 e. The van der Waals surface area contributed by atoms with Crippen molar-refractivity contribution in [1.82, 2.24) is 4.74 Å². The fraction of sp³-hybridized carbons (Fsp3) is 0.353. The fourth-order valence-corrected chi connectivity index (χ4v) is 3.74. The Balaban J connectivity index is 1.97. The summed E-state index contributed by atoms with van der Waals surface area (Å²) in [4.78, 5) is 28.9. The maximum absolute atomic E-state index is 13.7. The number of fused-ring (bicyclic) bond motifs is 2. The maximum atomic E-state index is 13.7. The largest absolute Gasteiger partial charge is 0.419 e.